The first-order valence-electron chi connectivity index (χ1n) is 11.4. The predicted molar refractivity (Wildman–Crippen MR) is 135 cm³/mol. The van der Waals surface area contributed by atoms with Gasteiger partial charge in [-0.05, 0) is 51.2 Å². The highest BCUT2D eigenvalue weighted by Gasteiger charge is 2.45. The Hall–Kier alpha value is -3.63. The first-order chi connectivity index (χ1) is 16.8. The second kappa shape index (κ2) is 11.4. The maximum absolute atomic E-state index is 13.3. The van der Waals surface area contributed by atoms with E-state index in [4.69, 9.17) is 9.47 Å². The summed E-state index contributed by atoms with van der Waals surface area (Å²) < 4.78 is 11.3. The van der Waals surface area contributed by atoms with Gasteiger partial charge in [-0.15, -0.1) is 12.4 Å². The molecule has 1 atom stereocenters. The summed E-state index contributed by atoms with van der Waals surface area (Å²) in [6.45, 7) is 1.48. The number of piperidine rings is 1. The van der Waals surface area contributed by atoms with Crippen LogP contribution in [0.4, 0.5) is 11.4 Å². The van der Waals surface area contributed by atoms with Crippen LogP contribution in [0, 0.1) is 0 Å². The van der Waals surface area contributed by atoms with Crippen molar-refractivity contribution >= 4 is 47.4 Å². The lowest BCUT2D eigenvalue weighted by atomic mass is 10.0. The summed E-state index contributed by atoms with van der Waals surface area (Å²) in [7, 11) is 5.55. The number of hydrogen-bond donors (Lipinski definition) is 2. The van der Waals surface area contributed by atoms with E-state index in [0.29, 0.717) is 29.5 Å². The number of halogens is 1. The first-order valence-corrected chi connectivity index (χ1v) is 11.4. The van der Waals surface area contributed by atoms with Gasteiger partial charge in [0.25, 0.3) is 11.8 Å². The fourth-order valence-corrected chi connectivity index (χ4v) is 4.20. The summed E-state index contributed by atoms with van der Waals surface area (Å²) in [4.78, 5) is 53.2. The van der Waals surface area contributed by atoms with Gasteiger partial charge < -0.3 is 19.7 Å². The number of nitrogens with zero attached hydrogens (tertiary/aromatic N) is 2. The molecule has 10 nitrogen and oxygen atoms in total. The molecule has 2 aliphatic rings. The number of carbonyl (C=O) groups excluding carboxylic acids is 4. The maximum Gasteiger partial charge on any atom is 0.264 e. The van der Waals surface area contributed by atoms with E-state index in [1.165, 1.54) is 7.11 Å². The molecule has 2 N–H and O–H groups in total. The topological polar surface area (TPSA) is 117 Å². The van der Waals surface area contributed by atoms with Gasteiger partial charge in [0.05, 0.1) is 36.2 Å². The molecular formula is C25H29ClN4O6. The first kappa shape index (κ1) is 27.0. The minimum absolute atomic E-state index is 0. The Morgan fingerprint density at radius 3 is 2.56 bits per heavy atom. The molecule has 1 unspecified atom stereocenters. The van der Waals surface area contributed by atoms with Crippen molar-refractivity contribution in [2.45, 2.75) is 25.3 Å². The average Bonchev–Trinajstić information content (AvgIpc) is 3.08. The molecule has 0 radical (unpaired) electrons. The molecule has 11 heteroatoms. The second-order valence-electron chi connectivity index (χ2n) is 8.67. The number of fused-ring (bicyclic) bond motifs is 1. The van der Waals surface area contributed by atoms with E-state index in [-0.39, 0.29) is 36.4 Å². The van der Waals surface area contributed by atoms with Gasteiger partial charge in [-0.2, -0.15) is 0 Å². The van der Waals surface area contributed by atoms with Crippen LogP contribution in [0.2, 0.25) is 0 Å². The third-order valence-corrected chi connectivity index (χ3v) is 5.93. The standard InChI is InChI=1S/C25H28N4O6.ClH/c1-28(2)12-5-13-35-15-8-9-17(20(14-15)34-3)26-18-7-4-6-16-22(18)25(33)29(24(16)32)19-10-11-21(30)27-23(19)31;/h4,6-9,14,19,26H,5,10-13H2,1-3H3,(H,27,30,31);1H. The molecule has 0 saturated carbocycles. The molecule has 0 bridgehead atoms. The Morgan fingerprint density at radius 1 is 1.08 bits per heavy atom. The lowest BCUT2D eigenvalue weighted by Crippen LogP contribution is -2.54. The quantitative estimate of drug-likeness (QED) is 0.386. The summed E-state index contributed by atoms with van der Waals surface area (Å²) in [5.41, 5.74) is 1.37. The summed E-state index contributed by atoms with van der Waals surface area (Å²) in [6, 6.07) is 9.20. The molecule has 36 heavy (non-hydrogen) atoms. The summed E-state index contributed by atoms with van der Waals surface area (Å²) >= 11 is 0. The van der Waals surface area contributed by atoms with Crippen LogP contribution < -0.4 is 20.1 Å². The maximum atomic E-state index is 13.3. The molecule has 1 fully saturated rings. The van der Waals surface area contributed by atoms with Crippen LogP contribution in [0.25, 0.3) is 0 Å². The van der Waals surface area contributed by atoms with Gasteiger partial charge in [0.2, 0.25) is 11.8 Å². The van der Waals surface area contributed by atoms with Gasteiger partial charge in [-0.1, -0.05) is 6.07 Å². The van der Waals surface area contributed by atoms with E-state index in [1.807, 2.05) is 14.1 Å². The largest absolute Gasteiger partial charge is 0.494 e. The zero-order chi connectivity index (χ0) is 25.1. The molecule has 4 rings (SSSR count). The molecule has 4 amide bonds. The minimum Gasteiger partial charge on any atom is -0.494 e. The molecule has 2 aromatic carbocycles. The van der Waals surface area contributed by atoms with Crippen molar-refractivity contribution in [3.05, 3.63) is 47.5 Å². The smallest absolute Gasteiger partial charge is 0.264 e. The van der Waals surface area contributed by atoms with E-state index < -0.39 is 29.7 Å². The molecule has 2 aliphatic heterocycles. The Bertz CT molecular complexity index is 1190. The highest BCUT2D eigenvalue weighted by atomic mass is 35.5. The van der Waals surface area contributed by atoms with E-state index in [9.17, 15) is 19.2 Å². The van der Waals surface area contributed by atoms with Crippen LogP contribution in [-0.4, -0.2) is 73.8 Å². The highest BCUT2D eigenvalue weighted by molar-refractivity contribution is 6.25. The minimum atomic E-state index is -1.02. The number of hydrogen-bond acceptors (Lipinski definition) is 8. The number of imide groups is 2. The number of rotatable bonds is 9. The van der Waals surface area contributed by atoms with Crippen molar-refractivity contribution in [2.24, 2.45) is 0 Å². The van der Waals surface area contributed by atoms with Crippen LogP contribution in [0.15, 0.2) is 36.4 Å². The summed E-state index contributed by atoms with van der Waals surface area (Å²) in [5, 5.41) is 5.39. The number of benzene rings is 2. The molecule has 192 valence electrons. The molecule has 2 aromatic rings. The zero-order valence-corrected chi connectivity index (χ0v) is 21.1. The lowest BCUT2D eigenvalue weighted by Gasteiger charge is -2.27. The molecule has 0 aromatic heterocycles. The molecule has 0 aliphatic carbocycles. The third-order valence-electron chi connectivity index (χ3n) is 5.93. The molecular weight excluding hydrogens is 488 g/mol. The van der Waals surface area contributed by atoms with Gasteiger partial charge in [0.15, 0.2) is 0 Å². The third kappa shape index (κ3) is 5.44. The van der Waals surface area contributed by atoms with Crippen molar-refractivity contribution in [3.8, 4) is 11.5 Å². The fraction of sp³-hybridized carbons (Fsp3) is 0.360. The highest BCUT2D eigenvalue weighted by Crippen LogP contribution is 2.37. The predicted octanol–water partition coefficient (Wildman–Crippen LogP) is 2.59. The van der Waals surface area contributed by atoms with Crippen molar-refractivity contribution in [1.82, 2.24) is 15.1 Å². The van der Waals surface area contributed by atoms with Crippen LogP contribution in [0.5, 0.6) is 11.5 Å². The number of methoxy groups -OCH3 is 1. The number of amides is 4. The Kier molecular flexibility index (Phi) is 8.54. The SMILES string of the molecule is COc1cc(OCCCN(C)C)ccc1Nc1cccc2c1C(=O)N(C1CCC(=O)NC1=O)C2=O.Cl. The number of carbonyl (C=O) groups is 4. The summed E-state index contributed by atoms with van der Waals surface area (Å²) in [6.07, 6.45) is 1.05. The van der Waals surface area contributed by atoms with Crippen LogP contribution in [0.3, 0.4) is 0 Å². The van der Waals surface area contributed by atoms with Crippen molar-refractivity contribution in [1.29, 1.82) is 0 Å². The van der Waals surface area contributed by atoms with Gasteiger partial charge in [-0.25, -0.2) is 0 Å². The Labute approximate surface area is 215 Å². The van der Waals surface area contributed by atoms with Gasteiger partial charge in [0.1, 0.15) is 17.5 Å². The Balaban J connectivity index is 0.00000361. The number of anilines is 2. The van der Waals surface area contributed by atoms with Gasteiger partial charge in [0, 0.05) is 19.0 Å². The average molecular weight is 517 g/mol. The van der Waals surface area contributed by atoms with E-state index >= 15 is 0 Å². The fourth-order valence-electron chi connectivity index (χ4n) is 4.20. The van der Waals surface area contributed by atoms with Crippen LogP contribution in [0.1, 0.15) is 40.0 Å². The molecule has 0 spiro atoms. The van der Waals surface area contributed by atoms with E-state index in [2.05, 4.69) is 15.5 Å². The second-order valence-corrected chi connectivity index (χ2v) is 8.67. The van der Waals surface area contributed by atoms with Gasteiger partial charge in [-0.3, -0.25) is 29.4 Å². The zero-order valence-electron chi connectivity index (χ0n) is 20.3. The monoisotopic (exact) mass is 516 g/mol. The lowest BCUT2D eigenvalue weighted by molar-refractivity contribution is -0.136. The van der Waals surface area contributed by atoms with Gasteiger partial charge >= 0.3 is 0 Å². The number of ether oxygens (including phenoxy) is 2. The molecule has 2 heterocycles. The van der Waals surface area contributed by atoms with Crippen molar-refractivity contribution in [2.75, 3.05) is 39.7 Å². The van der Waals surface area contributed by atoms with Crippen LogP contribution >= 0.6 is 12.4 Å². The van der Waals surface area contributed by atoms with Crippen LogP contribution in [-0.2, 0) is 9.59 Å². The van der Waals surface area contributed by atoms with E-state index in [0.717, 1.165) is 17.9 Å². The van der Waals surface area contributed by atoms with Crippen molar-refractivity contribution < 1.29 is 28.7 Å². The van der Waals surface area contributed by atoms with Crippen molar-refractivity contribution in [3.63, 3.8) is 0 Å². The Morgan fingerprint density at radius 2 is 1.86 bits per heavy atom. The number of nitrogens with one attached hydrogen (secondary N) is 2. The summed E-state index contributed by atoms with van der Waals surface area (Å²) in [5.74, 6) is -1.04. The van der Waals surface area contributed by atoms with E-state index in [1.54, 1.807) is 36.4 Å². The normalized spacial score (nSPS) is 17.0. The molecule has 1 saturated heterocycles.